The van der Waals surface area contributed by atoms with Crippen molar-refractivity contribution in [2.45, 2.75) is 156 Å². The lowest BCUT2D eigenvalue weighted by Crippen LogP contribution is -1.96. The van der Waals surface area contributed by atoms with Crippen LogP contribution in [0.15, 0.2) is 41.2 Å². The molecule has 2 nitrogen and oxygen atoms in total. The summed E-state index contributed by atoms with van der Waals surface area (Å²) < 4.78 is 0. The normalized spacial score (nSPS) is 12.3. The molecule has 0 fully saturated rings. The maximum atomic E-state index is 9.66. The first kappa shape index (κ1) is 40.3. The Balaban J connectivity index is 2.12. The molecular weight excluding hydrogens is 633 g/mol. The Morgan fingerprint density at radius 2 is 0.939 bits per heavy atom. The van der Waals surface area contributed by atoms with Gasteiger partial charge in [-0.25, -0.2) is 0 Å². The minimum absolute atomic E-state index is 0.197. The molecule has 262 valence electrons. The van der Waals surface area contributed by atoms with Crippen LogP contribution >= 0.6 is 22.7 Å². The fraction of sp³-hybridized carbons (Fsp3) is 0.533. The number of rotatable bonds is 25. The summed E-state index contributed by atoms with van der Waals surface area (Å²) in [6.45, 7) is 9.11. The topological polar surface area (TPSA) is 47.6 Å². The van der Waals surface area contributed by atoms with Gasteiger partial charge in [0.2, 0.25) is 0 Å². The van der Waals surface area contributed by atoms with E-state index in [0.29, 0.717) is 0 Å². The molecule has 0 amide bonds. The molecule has 0 saturated heterocycles. The van der Waals surface area contributed by atoms with Crippen LogP contribution in [0.5, 0.6) is 0 Å². The first-order valence-electron chi connectivity index (χ1n) is 19.4. The van der Waals surface area contributed by atoms with Crippen LogP contribution in [0, 0.1) is 22.7 Å². The number of allylic oxidation sites excluding steroid dienone is 5. The van der Waals surface area contributed by atoms with Crippen molar-refractivity contribution in [3.8, 4) is 12.1 Å². The van der Waals surface area contributed by atoms with Crippen molar-refractivity contribution in [2.24, 2.45) is 0 Å². The second-order valence-corrected chi connectivity index (χ2v) is 15.6. The van der Waals surface area contributed by atoms with Gasteiger partial charge in [-0.3, -0.25) is 0 Å². The van der Waals surface area contributed by atoms with Crippen molar-refractivity contribution in [3.63, 3.8) is 0 Å². The minimum Gasteiger partial charge on any atom is -0.192 e. The van der Waals surface area contributed by atoms with E-state index in [4.69, 9.17) is 0 Å². The molecular formula is C45H60N2S2. The predicted molar refractivity (Wildman–Crippen MR) is 218 cm³/mol. The lowest BCUT2D eigenvalue weighted by molar-refractivity contribution is 0.651. The summed E-state index contributed by atoms with van der Waals surface area (Å²) in [5.41, 5.74) is 10.6. The summed E-state index contributed by atoms with van der Waals surface area (Å²) in [5.74, 6) is 0. The zero-order valence-corrected chi connectivity index (χ0v) is 32.6. The predicted octanol–water partition coefficient (Wildman–Crippen LogP) is 14.6. The molecule has 3 rings (SSSR count). The third kappa shape index (κ3) is 13.6. The van der Waals surface area contributed by atoms with Gasteiger partial charge in [-0.1, -0.05) is 111 Å². The van der Waals surface area contributed by atoms with Crippen LogP contribution in [0.25, 0.3) is 24.3 Å². The summed E-state index contributed by atoms with van der Waals surface area (Å²) in [6, 6.07) is 4.25. The largest absolute Gasteiger partial charge is 0.192 e. The zero-order chi connectivity index (χ0) is 35.1. The lowest BCUT2D eigenvalue weighted by atomic mass is 9.95. The van der Waals surface area contributed by atoms with Crippen LogP contribution in [0.2, 0.25) is 0 Å². The van der Waals surface area contributed by atoms with Gasteiger partial charge in [0.25, 0.3) is 0 Å². The SMILES string of the molecule is CCCCCCc1c(C=C(C#N)C#N)sc(/C=C/c2sc(/C=C/C3=C=CC=C3)c(CCCCCC)c2CCCCCC)c1CCCCCC. The first-order valence-corrected chi connectivity index (χ1v) is 21.0. The summed E-state index contributed by atoms with van der Waals surface area (Å²) in [6.07, 6.45) is 41.6. The van der Waals surface area contributed by atoms with E-state index in [-0.39, 0.29) is 5.57 Å². The fourth-order valence-corrected chi connectivity index (χ4v) is 9.05. The van der Waals surface area contributed by atoms with Crippen LogP contribution in [0.4, 0.5) is 0 Å². The van der Waals surface area contributed by atoms with Crippen LogP contribution in [-0.4, -0.2) is 0 Å². The maximum Gasteiger partial charge on any atom is 0.131 e. The molecule has 4 heteroatoms. The van der Waals surface area contributed by atoms with Crippen molar-refractivity contribution < 1.29 is 0 Å². The molecule has 0 bridgehead atoms. The first-order chi connectivity index (χ1) is 24.1. The number of unbranched alkanes of at least 4 members (excludes halogenated alkanes) is 12. The van der Waals surface area contributed by atoms with E-state index in [1.165, 1.54) is 122 Å². The van der Waals surface area contributed by atoms with Gasteiger partial charge < -0.3 is 0 Å². The van der Waals surface area contributed by atoms with E-state index >= 15 is 0 Å². The molecule has 0 aromatic carbocycles. The van der Waals surface area contributed by atoms with E-state index in [1.807, 2.05) is 23.5 Å². The molecule has 1 aliphatic carbocycles. The molecule has 0 atom stereocenters. The highest BCUT2D eigenvalue weighted by Crippen LogP contribution is 2.38. The number of hydrogen-bond acceptors (Lipinski definition) is 4. The summed E-state index contributed by atoms with van der Waals surface area (Å²) >= 11 is 3.73. The van der Waals surface area contributed by atoms with Crippen molar-refractivity contribution >= 4 is 47.0 Å². The number of nitriles is 2. The second kappa shape index (κ2) is 24.1. The molecule has 2 heterocycles. The highest BCUT2D eigenvalue weighted by atomic mass is 32.1. The van der Waals surface area contributed by atoms with Crippen molar-refractivity contribution in [3.05, 3.63) is 82.9 Å². The van der Waals surface area contributed by atoms with Crippen LogP contribution in [0.1, 0.15) is 172 Å². The third-order valence-corrected chi connectivity index (χ3v) is 11.8. The number of hydrogen-bond donors (Lipinski definition) is 0. The maximum absolute atomic E-state index is 9.66. The van der Waals surface area contributed by atoms with Crippen LogP contribution in [-0.2, 0) is 25.7 Å². The van der Waals surface area contributed by atoms with Gasteiger partial charge in [-0.05, 0) is 116 Å². The van der Waals surface area contributed by atoms with Crippen molar-refractivity contribution in [2.75, 3.05) is 0 Å². The standard InChI is InChI=1S/C45H60N2S2/c1-5-9-13-17-25-38-39(26-18-14-10-6-2)43(48-42(38)30-29-36-23-21-22-24-36)31-32-44-40(27-19-15-11-7-3)41(28-20-16-12-8-4)45(49-44)33-37(34-46)35-47/h21-23,29-33H,5-20,25-28H2,1-4H3/b30-29+,32-31+. The molecule has 0 N–H and O–H groups in total. The molecule has 0 aliphatic heterocycles. The van der Waals surface area contributed by atoms with Crippen LogP contribution in [0.3, 0.4) is 0 Å². The second-order valence-electron chi connectivity index (χ2n) is 13.4. The average Bonchev–Trinajstić information content (AvgIpc) is 3.84. The van der Waals surface area contributed by atoms with Gasteiger partial charge in [0, 0.05) is 25.1 Å². The zero-order valence-electron chi connectivity index (χ0n) is 31.0. The smallest absolute Gasteiger partial charge is 0.131 e. The Morgan fingerprint density at radius 1 is 0.551 bits per heavy atom. The van der Waals surface area contributed by atoms with Gasteiger partial charge in [0.15, 0.2) is 0 Å². The minimum atomic E-state index is 0.197. The van der Waals surface area contributed by atoms with E-state index < -0.39 is 0 Å². The van der Waals surface area contributed by atoms with Gasteiger partial charge in [-0.2, -0.15) is 10.5 Å². The Labute approximate surface area is 307 Å². The molecule has 2 aromatic heterocycles. The molecule has 0 saturated carbocycles. The Kier molecular flexibility index (Phi) is 19.8. The van der Waals surface area contributed by atoms with Crippen LogP contribution < -0.4 is 0 Å². The quantitative estimate of drug-likeness (QED) is 0.0591. The Bertz CT molecular complexity index is 1550. The monoisotopic (exact) mass is 692 g/mol. The molecule has 0 unspecified atom stereocenters. The van der Waals surface area contributed by atoms with E-state index in [2.05, 4.69) is 82.0 Å². The highest BCUT2D eigenvalue weighted by molar-refractivity contribution is 7.15. The van der Waals surface area contributed by atoms with Crippen molar-refractivity contribution in [1.29, 1.82) is 10.5 Å². The Hall–Kier alpha value is -3.14. The lowest BCUT2D eigenvalue weighted by Gasteiger charge is -2.09. The van der Waals surface area contributed by atoms with Gasteiger partial charge >= 0.3 is 0 Å². The molecule has 1 aliphatic rings. The molecule has 49 heavy (non-hydrogen) atoms. The molecule has 2 aromatic rings. The van der Waals surface area contributed by atoms with E-state index in [0.717, 1.165) is 42.6 Å². The summed E-state index contributed by atoms with van der Waals surface area (Å²) in [4.78, 5) is 5.21. The summed E-state index contributed by atoms with van der Waals surface area (Å²) in [7, 11) is 0. The van der Waals surface area contributed by atoms with Crippen molar-refractivity contribution in [1.82, 2.24) is 0 Å². The Morgan fingerprint density at radius 3 is 1.31 bits per heavy atom. The van der Waals surface area contributed by atoms with Gasteiger partial charge in [0.1, 0.15) is 17.7 Å². The van der Waals surface area contributed by atoms with E-state index in [9.17, 15) is 10.5 Å². The third-order valence-electron chi connectivity index (χ3n) is 9.42. The molecule has 0 spiro atoms. The fourth-order valence-electron chi connectivity index (χ4n) is 6.59. The van der Waals surface area contributed by atoms with E-state index in [1.54, 1.807) is 22.5 Å². The summed E-state index contributed by atoms with van der Waals surface area (Å²) in [5, 5.41) is 19.3. The number of nitrogens with zero attached hydrogens (tertiary/aromatic N) is 2. The average molecular weight is 693 g/mol. The highest BCUT2D eigenvalue weighted by Gasteiger charge is 2.18. The van der Waals surface area contributed by atoms with Gasteiger partial charge in [-0.15, -0.1) is 28.4 Å². The van der Waals surface area contributed by atoms with Gasteiger partial charge in [0.05, 0.1) is 0 Å². The molecule has 0 radical (unpaired) electrons. The number of thiophene rings is 2.